The van der Waals surface area contributed by atoms with Crippen molar-refractivity contribution in [3.63, 3.8) is 0 Å². The zero-order valence-electron chi connectivity index (χ0n) is 17.0. The number of aryl methyl sites for hydroxylation is 2. The van der Waals surface area contributed by atoms with Crippen LogP contribution in [0.5, 0.6) is 0 Å². The van der Waals surface area contributed by atoms with E-state index in [4.69, 9.17) is 11.6 Å². The van der Waals surface area contributed by atoms with E-state index in [9.17, 15) is 4.79 Å². The zero-order chi connectivity index (χ0) is 21.6. The van der Waals surface area contributed by atoms with Crippen LogP contribution in [0.25, 0.3) is 22.6 Å². The number of nitrogens with one attached hydrogen (secondary N) is 1. The van der Waals surface area contributed by atoms with Crippen LogP contribution in [0, 0.1) is 6.92 Å². The fraction of sp³-hybridized carbons (Fsp3) is 0.227. The molecule has 4 aromatic rings. The average Bonchev–Trinajstić information content (AvgIpc) is 3.40. The molecule has 0 unspecified atom stereocenters. The molecule has 2 aromatic heterocycles. The van der Waals surface area contributed by atoms with Crippen LogP contribution in [-0.2, 0) is 17.9 Å². The van der Waals surface area contributed by atoms with Crippen molar-refractivity contribution < 1.29 is 4.79 Å². The molecule has 0 saturated carbocycles. The van der Waals surface area contributed by atoms with Gasteiger partial charge in [-0.2, -0.15) is 4.80 Å². The van der Waals surface area contributed by atoms with E-state index in [0.717, 1.165) is 26.7 Å². The molecule has 0 spiro atoms. The number of hydrogen-bond acceptors (Lipinski definition) is 6. The molecule has 0 radical (unpaired) electrons. The molecule has 0 aliphatic rings. The number of tetrazole rings is 1. The first-order chi connectivity index (χ1) is 15.1. The number of halogens is 1. The molecule has 158 valence electrons. The Morgan fingerprint density at radius 2 is 1.87 bits per heavy atom. The van der Waals surface area contributed by atoms with Gasteiger partial charge in [-0.25, -0.2) is 4.98 Å². The van der Waals surface area contributed by atoms with Gasteiger partial charge in [0.05, 0.1) is 18.8 Å². The predicted octanol–water partition coefficient (Wildman–Crippen LogP) is 4.52. The maximum atomic E-state index is 12.2. The molecule has 9 heteroatoms. The van der Waals surface area contributed by atoms with E-state index in [0.29, 0.717) is 36.8 Å². The highest BCUT2D eigenvalue weighted by Crippen LogP contribution is 2.28. The van der Waals surface area contributed by atoms with Crippen LogP contribution in [0.3, 0.4) is 0 Å². The summed E-state index contributed by atoms with van der Waals surface area (Å²) in [5, 5.41) is 17.0. The third kappa shape index (κ3) is 5.53. The predicted molar refractivity (Wildman–Crippen MR) is 122 cm³/mol. The average molecular weight is 453 g/mol. The first-order valence-corrected chi connectivity index (χ1v) is 11.1. The molecule has 0 fully saturated rings. The van der Waals surface area contributed by atoms with E-state index in [2.05, 4.69) is 25.7 Å². The minimum Gasteiger partial charge on any atom is -0.350 e. The molecular weight excluding hydrogens is 432 g/mol. The Balaban J connectivity index is 1.24. The largest absolute Gasteiger partial charge is 0.350 e. The Morgan fingerprint density at radius 3 is 2.65 bits per heavy atom. The van der Waals surface area contributed by atoms with Crippen molar-refractivity contribution in [2.24, 2.45) is 0 Å². The maximum absolute atomic E-state index is 12.2. The molecule has 7 nitrogen and oxygen atoms in total. The summed E-state index contributed by atoms with van der Waals surface area (Å²) in [4.78, 5) is 19.5. The van der Waals surface area contributed by atoms with Crippen LogP contribution >= 0.6 is 22.9 Å². The Morgan fingerprint density at radius 1 is 1.10 bits per heavy atom. The fourth-order valence-corrected chi connectivity index (χ4v) is 4.11. The van der Waals surface area contributed by atoms with Gasteiger partial charge in [0.25, 0.3) is 0 Å². The van der Waals surface area contributed by atoms with Gasteiger partial charge in [-0.3, -0.25) is 4.79 Å². The number of rotatable bonds is 8. The minimum absolute atomic E-state index is 0.0238. The van der Waals surface area contributed by atoms with Gasteiger partial charge in [0.15, 0.2) is 0 Å². The molecular formula is C22H21ClN6OS. The standard InChI is InChI=1S/C22H21ClN6OS/c1-15-21(16-9-11-18(23)12-10-16)25-20(31-15)14-24-19(30)8-5-13-29-27-22(26-28-29)17-6-3-2-4-7-17/h2-4,6-7,9-12H,5,8,13-14H2,1H3,(H,24,30). The van der Waals surface area contributed by atoms with E-state index in [1.165, 1.54) is 4.80 Å². The second-order valence-corrected chi connectivity index (χ2v) is 8.70. The molecule has 2 aromatic carbocycles. The first kappa shape index (κ1) is 21.1. The summed E-state index contributed by atoms with van der Waals surface area (Å²) in [7, 11) is 0. The van der Waals surface area contributed by atoms with Gasteiger partial charge in [0.1, 0.15) is 5.01 Å². The lowest BCUT2D eigenvalue weighted by Gasteiger charge is -2.03. The Labute approximate surface area is 189 Å². The lowest BCUT2D eigenvalue weighted by Crippen LogP contribution is -2.22. The highest BCUT2D eigenvalue weighted by molar-refractivity contribution is 7.12. The lowest BCUT2D eigenvalue weighted by atomic mass is 10.1. The van der Waals surface area contributed by atoms with Crippen molar-refractivity contribution in [2.75, 3.05) is 0 Å². The van der Waals surface area contributed by atoms with E-state index in [1.807, 2.05) is 61.5 Å². The number of carbonyl (C=O) groups is 1. The Hall–Kier alpha value is -3.10. The van der Waals surface area contributed by atoms with Crippen molar-refractivity contribution in [3.05, 3.63) is 69.5 Å². The summed E-state index contributed by atoms with van der Waals surface area (Å²) in [6, 6.07) is 17.3. The Kier molecular flexibility index (Phi) is 6.69. The Bertz CT molecular complexity index is 1160. The number of thiazole rings is 1. The van der Waals surface area contributed by atoms with Gasteiger partial charge in [-0.1, -0.05) is 54.1 Å². The van der Waals surface area contributed by atoms with Crippen molar-refractivity contribution in [1.82, 2.24) is 30.5 Å². The molecule has 31 heavy (non-hydrogen) atoms. The number of carbonyl (C=O) groups excluding carboxylic acids is 1. The molecule has 0 atom stereocenters. The van der Waals surface area contributed by atoms with Gasteiger partial charge < -0.3 is 5.32 Å². The zero-order valence-corrected chi connectivity index (χ0v) is 18.5. The van der Waals surface area contributed by atoms with E-state index < -0.39 is 0 Å². The quantitative estimate of drug-likeness (QED) is 0.424. The van der Waals surface area contributed by atoms with E-state index in [-0.39, 0.29) is 5.91 Å². The van der Waals surface area contributed by atoms with Crippen LogP contribution in [0.4, 0.5) is 0 Å². The summed E-state index contributed by atoms with van der Waals surface area (Å²) >= 11 is 7.55. The minimum atomic E-state index is -0.0238. The number of nitrogens with zero attached hydrogens (tertiary/aromatic N) is 5. The first-order valence-electron chi connectivity index (χ1n) is 9.90. The number of benzene rings is 2. The summed E-state index contributed by atoms with van der Waals surface area (Å²) in [6.07, 6.45) is 1.01. The molecule has 1 N–H and O–H groups in total. The topological polar surface area (TPSA) is 85.6 Å². The molecule has 0 saturated heterocycles. The monoisotopic (exact) mass is 452 g/mol. The molecule has 0 aliphatic carbocycles. The summed E-state index contributed by atoms with van der Waals surface area (Å²) in [5.74, 6) is 0.560. The van der Waals surface area contributed by atoms with Gasteiger partial charge in [-0.15, -0.1) is 21.5 Å². The maximum Gasteiger partial charge on any atom is 0.220 e. The number of amides is 1. The normalized spacial score (nSPS) is 10.9. The van der Waals surface area contributed by atoms with Crippen LogP contribution in [0.2, 0.25) is 5.02 Å². The van der Waals surface area contributed by atoms with Crippen molar-refractivity contribution in [3.8, 4) is 22.6 Å². The SMILES string of the molecule is Cc1sc(CNC(=O)CCCn2nnc(-c3ccccc3)n2)nc1-c1ccc(Cl)cc1. The second-order valence-electron chi connectivity index (χ2n) is 6.97. The van der Waals surface area contributed by atoms with Gasteiger partial charge in [0.2, 0.25) is 11.7 Å². The van der Waals surface area contributed by atoms with Crippen molar-refractivity contribution >= 4 is 28.8 Å². The van der Waals surface area contributed by atoms with E-state index >= 15 is 0 Å². The molecule has 4 rings (SSSR count). The van der Waals surface area contributed by atoms with Crippen LogP contribution < -0.4 is 5.32 Å². The second kappa shape index (κ2) is 9.80. The molecule has 0 bridgehead atoms. The van der Waals surface area contributed by atoms with Crippen molar-refractivity contribution in [1.29, 1.82) is 0 Å². The van der Waals surface area contributed by atoms with E-state index in [1.54, 1.807) is 11.3 Å². The smallest absolute Gasteiger partial charge is 0.220 e. The molecule has 0 aliphatic heterocycles. The summed E-state index contributed by atoms with van der Waals surface area (Å²) in [5.41, 5.74) is 2.87. The number of aromatic nitrogens is 5. The van der Waals surface area contributed by atoms with Gasteiger partial charge >= 0.3 is 0 Å². The fourth-order valence-electron chi connectivity index (χ4n) is 3.09. The highest BCUT2D eigenvalue weighted by Gasteiger charge is 2.11. The summed E-state index contributed by atoms with van der Waals surface area (Å²) < 4.78 is 0. The van der Waals surface area contributed by atoms with Crippen LogP contribution in [0.15, 0.2) is 54.6 Å². The summed E-state index contributed by atoms with van der Waals surface area (Å²) in [6.45, 7) is 2.98. The van der Waals surface area contributed by atoms with Crippen LogP contribution in [-0.4, -0.2) is 31.1 Å². The van der Waals surface area contributed by atoms with Gasteiger partial charge in [0, 0.05) is 27.4 Å². The lowest BCUT2D eigenvalue weighted by molar-refractivity contribution is -0.121. The third-order valence-electron chi connectivity index (χ3n) is 4.64. The third-order valence-corrected chi connectivity index (χ3v) is 5.86. The van der Waals surface area contributed by atoms with Gasteiger partial charge in [-0.05, 0) is 30.7 Å². The molecule has 1 amide bonds. The van der Waals surface area contributed by atoms with Crippen LogP contribution in [0.1, 0.15) is 22.7 Å². The highest BCUT2D eigenvalue weighted by atomic mass is 35.5. The molecule has 2 heterocycles. The number of hydrogen-bond donors (Lipinski definition) is 1. The van der Waals surface area contributed by atoms with Crippen molar-refractivity contribution in [2.45, 2.75) is 32.9 Å².